The molecule has 0 radical (unpaired) electrons. The van der Waals surface area contributed by atoms with Gasteiger partial charge >= 0.3 is 5.97 Å². The van der Waals surface area contributed by atoms with Crippen molar-refractivity contribution < 1.29 is 28.5 Å². The smallest absolute Gasteiger partial charge is 0.305 e. The minimum atomic E-state index is -0.164. The molecule has 0 aromatic carbocycles. The summed E-state index contributed by atoms with van der Waals surface area (Å²) in [7, 11) is 3.02. The highest BCUT2D eigenvalue weighted by Crippen LogP contribution is 2.30. The van der Waals surface area contributed by atoms with Crippen molar-refractivity contribution in [3.63, 3.8) is 0 Å². The van der Waals surface area contributed by atoms with Gasteiger partial charge in [-0.3, -0.25) is 9.59 Å². The summed E-state index contributed by atoms with van der Waals surface area (Å²) in [5.41, 5.74) is 0.584. The minimum Gasteiger partial charge on any atom is -0.496 e. The van der Waals surface area contributed by atoms with Crippen molar-refractivity contribution in [1.29, 1.82) is 0 Å². The Balaban J connectivity index is 1.53. The zero-order valence-electron chi connectivity index (χ0n) is 25.1. The molecule has 224 valence electrons. The average Bonchev–Trinajstić information content (AvgIpc) is 3.42. The maximum absolute atomic E-state index is 13.5. The Kier molecular flexibility index (Phi) is 14.3. The summed E-state index contributed by atoms with van der Waals surface area (Å²) in [6.45, 7) is 4.41. The van der Waals surface area contributed by atoms with Crippen LogP contribution >= 0.6 is 11.3 Å². The third-order valence-electron chi connectivity index (χ3n) is 8.39. The fourth-order valence-electron chi connectivity index (χ4n) is 5.68. The largest absolute Gasteiger partial charge is 0.496 e. The van der Waals surface area contributed by atoms with Crippen molar-refractivity contribution in [3.8, 4) is 0 Å². The molecule has 1 fully saturated rings. The summed E-state index contributed by atoms with van der Waals surface area (Å²) in [6.07, 6.45) is 17.2. The fourth-order valence-corrected chi connectivity index (χ4v) is 6.73. The summed E-state index contributed by atoms with van der Waals surface area (Å²) in [6, 6.07) is 4.54. The van der Waals surface area contributed by atoms with Crippen LogP contribution in [0.25, 0.3) is 0 Å². The summed E-state index contributed by atoms with van der Waals surface area (Å²) >= 11 is 1.92. The molecule has 7 heteroatoms. The van der Waals surface area contributed by atoms with Crippen LogP contribution in [-0.4, -0.2) is 39.4 Å². The maximum Gasteiger partial charge on any atom is 0.305 e. The molecule has 0 bridgehead atoms. The van der Waals surface area contributed by atoms with Crippen molar-refractivity contribution in [3.05, 3.63) is 45.1 Å². The predicted molar refractivity (Wildman–Crippen MR) is 160 cm³/mol. The van der Waals surface area contributed by atoms with E-state index in [9.17, 15) is 9.59 Å². The molecule has 1 aliphatic carbocycles. The van der Waals surface area contributed by atoms with Crippen LogP contribution in [0.4, 0.5) is 0 Å². The number of carbonyl (C=O) groups is 2. The minimum absolute atomic E-state index is 0.0823. The van der Waals surface area contributed by atoms with E-state index in [1.807, 2.05) is 24.3 Å². The standard InChI is InChI=1S/C33H50O6S/c1-24(11-7-5-10-14-32(34)37-4)30-21-31(36-3)29(22-38-23-39-30)33(35)25(2)15-17-27-19-20-28(40-27)18-16-26-12-8-6-9-13-26/h19-21,24-26H,5-18,22-23H2,1-4H3/b30-21-,31-29-/t24-,25?/m1/s1. The molecule has 0 spiro atoms. The van der Waals surface area contributed by atoms with Crippen LogP contribution in [0.5, 0.6) is 0 Å². The first-order valence-corrected chi connectivity index (χ1v) is 16.1. The molecule has 0 amide bonds. The molecule has 2 atom stereocenters. The van der Waals surface area contributed by atoms with Gasteiger partial charge in [0.2, 0.25) is 0 Å². The number of hydrogen-bond acceptors (Lipinski definition) is 7. The monoisotopic (exact) mass is 574 g/mol. The molecule has 1 aromatic heterocycles. The number of carbonyl (C=O) groups excluding carboxylic acids is 2. The van der Waals surface area contributed by atoms with Gasteiger partial charge in [-0.1, -0.05) is 58.8 Å². The van der Waals surface area contributed by atoms with Crippen LogP contribution in [0.2, 0.25) is 0 Å². The molecule has 1 saturated carbocycles. The van der Waals surface area contributed by atoms with Crippen LogP contribution in [0.15, 0.2) is 35.3 Å². The molecule has 1 aliphatic heterocycles. The number of hydrogen-bond donors (Lipinski definition) is 0. The van der Waals surface area contributed by atoms with E-state index in [4.69, 9.17) is 18.9 Å². The lowest BCUT2D eigenvalue weighted by molar-refractivity contribution is -0.140. The van der Waals surface area contributed by atoms with E-state index in [2.05, 4.69) is 19.1 Å². The van der Waals surface area contributed by atoms with Gasteiger partial charge in [0.1, 0.15) is 11.5 Å². The number of methoxy groups -OCH3 is 2. The van der Waals surface area contributed by atoms with E-state index >= 15 is 0 Å². The van der Waals surface area contributed by atoms with Crippen LogP contribution in [0.3, 0.4) is 0 Å². The summed E-state index contributed by atoms with van der Waals surface area (Å²) in [5, 5.41) is 0. The average molecular weight is 575 g/mol. The van der Waals surface area contributed by atoms with Gasteiger partial charge in [0.05, 0.1) is 26.4 Å². The summed E-state index contributed by atoms with van der Waals surface area (Å²) < 4.78 is 22.0. The van der Waals surface area contributed by atoms with E-state index in [0.29, 0.717) is 17.8 Å². The van der Waals surface area contributed by atoms with Crippen molar-refractivity contribution in [2.75, 3.05) is 27.6 Å². The number of aryl methyl sites for hydroxylation is 2. The predicted octanol–water partition coefficient (Wildman–Crippen LogP) is 7.95. The Morgan fingerprint density at radius 2 is 1.75 bits per heavy atom. The lowest BCUT2D eigenvalue weighted by atomic mass is 9.86. The highest BCUT2D eigenvalue weighted by Gasteiger charge is 2.25. The molecule has 40 heavy (non-hydrogen) atoms. The molecular weight excluding hydrogens is 524 g/mol. The lowest BCUT2D eigenvalue weighted by Gasteiger charge is -2.23. The third kappa shape index (κ3) is 10.7. The number of rotatable bonds is 16. The Morgan fingerprint density at radius 1 is 1.00 bits per heavy atom. The van der Waals surface area contributed by atoms with Crippen LogP contribution in [0, 0.1) is 17.8 Å². The first kappa shape index (κ1) is 32.4. The molecule has 6 nitrogen and oxygen atoms in total. The molecule has 2 aliphatic rings. The topological polar surface area (TPSA) is 71.1 Å². The van der Waals surface area contributed by atoms with E-state index in [-0.39, 0.29) is 37.0 Å². The fraction of sp³-hybridized carbons (Fsp3) is 0.697. The number of Topliss-reactive ketones (excluding diaryl/α,β-unsaturated/α-hetero) is 1. The lowest BCUT2D eigenvalue weighted by Crippen LogP contribution is -2.22. The Morgan fingerprint density at radius 3 is 2.48 bits per heavy atom. The number of allylic oxidation sites excluding steroid dienone is 2. The van der Waals surface area contributed by atoms with Gasteiger partial charge in [0.15, 0.2) is 12.6 Å². The normalized spacial score (nSPS) is 21.4. The molecular formula is C33H50O6S. The zero-order chi connectivity index (χ0) is 28.7. The molecule has 1 unspecified atom stereocenters. The van der Waals surface area contributed by atoms with Gasteiger partial charge in [-0.2, -0.15) is 0 Å². The zero-order valence-corrected chi connectivity index (χ0v) is 26.0. The number of unbranched alkanes of at least 4 members (excludes halogenated alkanes) is 2. The van der Waals surface area contributed by atoms with Gasteiger partial charge in [-0.25, -0.2) is 0 Å². The van der Waals surface area contributed by atoms with Crippen molar-refractivity contribution in [2.24, 2.45) is 17.8 Å². The Hall–Kier alpha value is -2.12. The first-order valence-electron chi connectivity index (χ1n) is 15.3. The van der Waals surface area contributed by atoms with Gasteiger partial charge in [-0.15, -0.1) is 11.3 Å². The number of ketones is 1. The van der Waals surface area contributed by atoms with E-state index in [1.165, 1.54) is 61.8 Å². The Labute approximate surface area is 245 Å². The van der Waals surface area contributed by atoms with E-state index in [1.54, 1.807) is 7.11 Å². The Bertz CT molecular complexity index is 987. The second kappa shape index (κ2) is 17.6. The quantitative estimate of drug-likeness (QED) is 0.147. The maximum atomic E-state index is 13.5. The van der Waals surface area contributed by atoms with Crippen LogP contribution < -0.4 is 0 Å². The van der Waals surface area contributed by atoms with Crippen LogP contribution in [0.1, 0.15) is 101 Å². The first-order chi connectivity index (χ1) is 19.4. The highest BCUT2D eigenvalue weighted by atomic mass is 32.1. The van der Waals surface area contributed by atoms with E-state index in [0.717, 1.165) is 50.2 Å². The number of ether oxygens (including phenoxy) is 4. The molecule has 3 rings (SSSR count). The summed E-state index contributed by atoms with van der Waals surface area (Å²) in [4.78, 5) is 27.7. The van der Waals surface area contributed by atoms with Crippen molar-refractivity contribution in [1.82, 2.24) is 0 Å². The van der Waals surface area contributed by atoms with Crippen molar-refractivity contribution in [2.45, 2.75) is 104 Å². The molecule has 2 heterocycles. The van der Waals surface area contributed by atoms with Gasteiger partial charge in [0, 0.05) is 34.1 Å². The van der Waals surface area contributed by atoms with Gasteiger partial charge < -0.3 is 18.9 Å². The van der Waals surface area contributed by atoms with Crippen molar-refractivity contribution >= 4 is 23.1 Å². The molecule has 0 saturated heterocycles. The van der Waals surface area contributed by atoms with E-state index < -0.39 is 0 Å². The molecule has 1 aromatic rings. The highest BCUT2D eigenvalue weighted by molar-refractivity contribution is 7.11. The van der Waals surface area contributed by atoms with Gasteiger partial charge in [0.25, 0.3) is 0 Å². The SMILES string of the molecule is COC(=O)CCCCC[C@@H](C)/C1=C/C(OC)=C(/C(=O)C(C)CCc2ccc(CCC3CCCCC3)s2)COCO1. The number of esters is 1. The second-order valence-electron chi connectivity index (χ2n) is 11.5. The van der Waals surface area contributed by atoms with Crippen LogP contribution in [-0.2, 0) is 41.4 Å². The molecule has 0 N–H and O–H groups in total. The summed E-state index contributed by atoms with van der Waals surface area (Å²) in [5.74, 6) is 2.14. The number of thiophene rings is 1. The van der Waals surface area contributed by atoms with Gasteiger partial charge in [-0.05, 0) is 56.6 Å². The second-order valence-corrected chi connectivity index (χ2v) is 12.7. The third-order valence-corrected chi connectivity index (χ3v) is 9.59.